The van der Waals surface area contributed by atoms with E-state index in [9.17, 15) is 9.59 Å². The molecule has 2 aliphatic rings. The fourth-order valence-corrected chi connectivity index (χ4v) is 4.64. The Labute approximate surface area is 215 Å². The molecule has 2 heterocycles. The molecule has 35 heavy (non-hydrogen) atoms. The van der Waals surface area contributed by atoms with Crippen molar-refractivity contribution in [3.63, 3.8) is 0 Å². The minimum absolute atomic E-state index is 0.220. The lowest BCUT2D eigenvalue weighted by Crippen LogP contribution is -2.56. The van der Waals surface area contributed by atoms with E-state index < -0.39 is 6.17 Å². The smallest absolute Gasteiger partial charge is 0.320 e. The van der Waals surface area contributed by atoms with Crippen molar-refractivity contribution in [3.8, 4) is 0 Å². The van der Waals surface area contributed by atoms with Gasteiger partial charge in [-0.3, -0.25) is 14.5 Å². The molecule has 4 rings (SSSR count). The van der Waals surface area contributed by atoms with Gasteiger partial charge in [0.1, 0.15) is 0 Å². The van der Waals surface area contributed by atoms with Crippen LogP contribution in [0.25, 0.3) is 0 Å². The zero-order chi connectivity index (χ0) is 24.9. The first-order valence-electron chi connectivity index (χ1n) is 11.5. The van der Waals surface area contributed by atoms with Crippen molar-refractivity contribution in [1.82, 2.24) is 15.1 Å². The second-order valence-electron chi connectivity index (χ2n) is 8.32. The molecule has 184 valence electrons. The summed E-state index contributed by atoms with van der Waals surface area (Å²) in [5.41, 5.74) is 3.05. The van der Waals surface area contributed by atoms with E-state index in [0.717, 1.165) is 16.8 Å². The Bertz CT molecular complexity index is 1140. The number of halogens is 1. The zero-order valence-electron chi connectivity index (χ0n) is 19.7. The number of thiocarbonyl (C=S) groups is 1. The summed E-state index contributed by atoms with van der Waals surface area (Å²) in [6.07, 6.45) is -0.897. The van der Waals surface area contributed by atoms with Crippen molar-refractivity contribution in [3.05, 3.63) is 64.7 Å². The third-order valence-electron chi connectivity index (χ3n) is 6.02. The molecule has 8 nitrogen and oxygen atoms in total. The topological polar surface area (TPSA) is 77.5 Å². The maximum Gasteiger partial charge on any atom is 0.320 e. The Kier molecular flexibility index (Phi) is 8.00. The molecule has 1 N–H and O–H groups in total. The molecule has 2 aromatic rings. The molecule has 0 aromatic heterocycles. The van der Waals surface area contributed by atoms with Crippen molar-refractivity contribution >= 4 is 52.2 Å². The maximum atomic E-state index is 13.4. The lowest BCUT2D eigenvalue weighted by molar-refractivity contribution is -0.144. The van der Waals surface area contributed by atoms with E-state index in [4.69, 9.17) is 33.5 Å². The van der Waals surface area contributed by atoms with Crippen LogP contribution in [0.1, 0.15) is 18.1 Å². The summed E-state index contributed by atoms with van der Waals surface area (Å²) >= 11 is 12.0. The Morgan fingerprint density at radius 1 is 1.17 bits per heavy atom. The molecule has 10 heteroatoms. The molecule has 0 aliphatic carbocycles. The molecule has 0 spiro atoms. The number of carbonyl (C=O) groups is 2. The van der Waals surface area contributed by atoms with Crippen LogP contribution in [0.15, 0.2) is 53.5 Å². The molecule has 2 aromatic carbocycles. The molecular weight excluding hydrogens is 486 g/mol. The number of piperazine rings is 1. The Hall–Kier alpha value is -3.01. The number of amides is 1. The zero-order valence-corrected chi connectivity index (χ0v) is 21.3. The summed E-state index contributed by atoms with van der Waals surface area (Å²) in [5, 5.41) is 4.19. The average Bonchev–Trinajstić information content (AvgIpc) is 2.95. The highest BCUT2D eigenvalue weighted by atomic mass is 35.5. The molecule has 0 radical (unpaired) electrons. The number of hydrogen-bond acceptors (Lipinski definition) is 6. The van der Waals surface area contributed by atoms with Crippen molar-refractivity contribution in [2.24, 2.45) is 4.99 Å². The van der Waals surface area contributed by atoms with Gasteiger partial charge in [-0.1, -0.05) is 41.9 Å². The maximum absolute atomic E-state index is 13.4. The first-order chi connectivity index (χ1) is 16.9. The molecule has 0 saturated carbocycles. The van der Waals surface area contributed by atoms with E-state index in [-0.39, 0.29) is 18.4 Å². The van der Waals surface area contributed by atoms with Crippen LogP contribution in [0.3, 0.4) is 0 Å². The van der Waals surface area contributed by atoms with Gasteiger partial charge in [0.2, 0.25) is 6.17 Å². The Balaban J connectivity index is 1.53. The number of carbonyl (C=O) groups excluding carboxylic acids is 2. The van der Waals surface area contributed by atoms with Crippen molar-refractivity contribution in [2.45, 2.75) is 13.1 Å². The van der Waals surface area contributed by atoms with Crippen molar-refractivity contribution in [1.29, 1.82) is 0 Å². The van der Waals surface area contributed by atoms with Gasteiger partial charge >= 0.3 is 5.97 Å². The van der Waals surface area contributed by atoms with E-state index in [1.807, 2.05) is 52.3 Å². The number of esters is 1. The minimum atomic E-state index is -0.897. The van der Waals surface area contributed by atoms with Gasteiger partial charge in [-0.25, -0.2) is 4.99 Å². The molecule has 1 fully saturated rings. The number of anilines is 1. The van der Waals surface area contributed by atoms with Crippen molar-refractivity contribution in [2.75, 3.05) is 51.3 Å². The van der Waals surface area contributed by atoms with Crippen LogP contribution in [0.2, 0.25) is 5.02 Å². The highest BCUT2D eigenvalue weighted by molar-refractivity contribution is 7.80. The van der Waals surface area contributed by atoms with Gasteiger partial charge in [-0.15, -0.1) is 0 Å². The van der Waals surface area contributed by atoms with E-state index in [2.05, 4.69) is 5.32 Å². The highest BCUT2D eigenvalue weighted by Crippen LogP contribution is 2.30. The minimum Gasteiger partial charge on any atom is -0.465 e. The lowest BCUT2D eigenvalue weighted by atomic mass is 10.0. The first-order valence-corrected chi connectivity index (χ1v) is 12.3. The van der Waals surface area contributed by atoms with Crippen LogP contribution >= 0.6 is 23.8 Å². The largest absolute Gasteiger partial charge is 0.465 e. The van der Waals surface area contributed by atoms with Gasteiger partial charge < -0.3 is 19.9 Å². The van der Waals surface area contributed by atoms with Crippen LogP contribution in [0.4, 0.5) is 5.69 Å². The third kappa shape index (κ3) is 5.80. The van der Waals surface area contributed by atoms with Crippen LogP contribution < -0.4 is 10.2 Å². The Morgan fingerprint density at radius 2 is 1.89 bits per heavy atom. The van der Waals surface area contributed by atoms with Crippen LogP contribution in [-0.2, 0) is 14.3 Å². The second-order valence-corrected chi connectivity index (χ2v) is 9.15. The van der Waals surface area contributed by atoms with Gasteiger partial charge in [0.25, 0.3) is 5.91 Å². The number of aliphatic imine (C=N–C) groups is 1. The van der Waals surface area contributed by atoms with E-state index in [0.29, 0.717) is 48.6 Å². The first kappa shape index (κ1) is 25.1. The van der Waals surface area contributed by atoms with Crippen LogP contribution in [0, 0.1) is 0 Å². The summed E-state index contributed by atoms with van der Waals surface area (Å²) in [7, 11) is 1.73. The highest BCUT2D eigenvalue weighted by Gasteiger charge is 2.32. The predicted molar refractivity (Wildman–Crippen MR) is 141 cm³/mol. The summed E-state index contributed by atoms with van der Waals surface area (Å²) in [4.78, 5) is 35.6. The van der Waals surface area contributed by atoms with Gasteiger partial charge in [0.05, 0.1) is 24.6 Å². The fraction of sp³-hybridized carbons (Fsp3) is 0.360. The van der Waals surface area contributed by atoms with Gasteiger partial charge in [0, 0.05) is 49.4 Å². The molecule has 1 atom stereocenters. The number of rotatable bonds is 5. The molecule has 1 saturated heterocycles. The van der Waals surface area contributed by atoms with Gasteiger partial charge in [-0.2, -0.15) is 0 Å². The summed E-state index contributed by atoms with van der Waals surface area (Å²) < 4.78 is 5.04. The Morgan fingerprint density at radius 3 is 2.57 bits per heavy atom. The van der Waals surface area contributed by atoms with Gasteiger partial charge in [0.15, 0.2) is 5.11 Å². The molecular formula is C25H28ClN5O3S. The van der Waals surface area contributed by atoms with Gasteiger partial charge in [-0.05, 0) is 37.3 Å². The molecule has 1 amide bonds. The number of fused-ring (bicyclic) bond motifs is 1. The molecule has 1 unspecified atom stereocenters. The second kappa shape index (κ2) is 11.2. The summed E-state index contributed by atoms with van der Waals surface area (Å²) in [6, 6.07) is 15.1. The van der Waals surface area contributed by atoms with E-state index in [1.54, 1.807) is 24.9 Å². The third-order valence-corrected chi connectivity index (χ3v) is 6.63. The number of benzene rings is 2. The number of nitrogens with one attached hydrogen (secondary N) is 1. The summed E-state index contributed by atoms with van der Waals surface area (Å²) in [5.74, 6) is -0.445. The standard InChI is InChI=1S/C25H28ClN5O3S/c1-3-34-21(32)16-30-11-13-31(14-12-30)25(35)28-23-24(33)29(2)20-10-9-18(26)15-19(20)22(27-23)17-7-5-4-6-8-17/h4-10,15,23H,3,11-14,16H2,1-2H3,(H,28,35). The number of likely N-dealkylation sites (N-methyl/N-ethyl adjacent to an activating group) is 1. The predicted octanol–water partition coefficient (Wildman–Crippen LogP) is 2.54. The molecule has 0 bridgehead atoms. The van der Waals surface area contributed by atoms with E-state index in [1.165, 1.54) is 0 Å². The van der Waals surface area contributed by atoms with E-state index >= 15 is 0 Å². The monoisotopic (exact) mass is 513 g/mol. The SMILES string of the molecule is CCOC(=O)CN1CCN(C(=S)NC2N=C(c3ccccc3)c3cc(Cl)ccc3N(C)C2=O)CC1. The number of benzodiazepines with no additional fused rings is 1. The fourth-order valence-electron chi connectivity index (χ4n) is 4.17. The lowest BCUT2D eigenvalue weighted by Gasteiger charge is -2.36. The number of ether oxygens (including phenoxy) is 1. The molecule has 2 aliphatic heterocycles. The number of hydrogen-bond donors (Lipinski definition) is 1. The normalized spacial score (nSPS) is 18.4. The average molecular weight is 514 g/mol. The summed E-state index contributed by atoms with van der Waals surface area (Å²) in [6.45, 7) is 5.03. The van der Waals surface area contributed by atoms with Crippen molar-refractivity contribution < 1.29 is 14.3 Å². The number of nitrogens with zero attached hydrogens (tertiary/aromatic N) is 4. The quantitative estimate of drug-likeness (QED) is 0.486. The van der Waals surface area contributed by atoms with Crippen LogP contribution in [-0.4, -0.2) is 85.0 Å². The van der Waals surface area contributed by atoms with Crippen LogP contribution in [0.5, 0.6) is 0 Å².